The number of aromatic amines is 1. The third kappa shape index (κ3) is 9.01. The molecule has 10 heteroatoms. The van der Waals surface area contributed by atoms with E-state index in [4.69, 9.17) is 4.74 Å². The predicted octanol–water partition coefficient (Wildman–Crippen LogP) is 1.65. The summed E-state index contributed by atoms with van der Waals surface area (Å²) in [5.41, 5.74) is 1.47. The summed E-state index contributed by atoms with van der Waals surface area (Å²) < 4.78 is 5.40. The Morgan fingerprint density at radius 1 is 1.08 bits per heavy atom. The van der Waals surface area contributed by atoms with Crippen molar-refractivity contribution >= 4 is 29.8 Å². The zero-order chi connectivity index (χ0) is 25.8. The molecule has 1 aromatic carbocycles. The zero-order valence-electron chi connectivity index (χ0n) is 20.4. The average molecular weight is 496 g/mol. The number of hydrogen-bond donors (Lipinski definition) is 4. The van der Waals surface area contributed by atoms with E-state index in [9.17, 15) is 19.2 Å². The highest BCUT2D eigenvalue weighted by Gasteiger charge is 2.28. The minimum absolute atomic E-state index is 0.0220. The molecule has 1 aliphatic rings. The smallest absolute Gasteiger partial charge is 0.329 e. The molecule has 1 saturated carbocycles. The van der Waals surface area contributed by atoms with Crippen LogP contribution in [0.3, 0.4) is 0 Å². The number of carbonyl (C=O) groups excluding carboxylic acids is 4. The fourth-order valence-corrected chi connectivity index (χ4v) is 4.01. The van der Waals surface area contributed by atoms with Crippen molar-refractivity contribution < 1.29 is 23.9 Å². The maximum atomic E-state index is 13.0. The summed E-state index contributed by atoms with van der Waals surface area (Å²) in [7, 11) is 0. The topological polar surface area (TPSA) is 142 Å². The highest BCUT2D eigenvalue weighted by Crippen LogP contribution is 2.17. The van der Waals surface area contributed by atoms with Gasteiger partial charge in [0.2, 0.25) is 17.7 Å². The van der Waals surface area contributed by atoms with Gasteiger partial charge in [0.15, 0.2) is 0 Å². The highest BCUT2D eigenvalue weighted by atomic mass is 16.5. The Balaban J connectivity index is 1.65. The predicted molar refractivity (Wildman–Crippen MR) is 133 cm³/mol. The third-order valence-electron chi connectivity index (χ3n) is 5.84. The van der Waals surface area contributed by atoms with Gasteiger partial charge in [-0.3, -0.25) is 14.4 Å². The van der Waals surface area contributed by atoms with Crippen molar-refractivity contribution in [2.24, 2.45) is 0 Å². The fraction of sp³-hybridized carbons (Fsp3) is 0.423. The molecule has 3 amide bonds. The summed E-state index contributed by atoms with van der Waals surface area (Å²) in [6.07, 6.45) is 11.1. The van der Waals surface area contributed by atoms with Crippen LogP contribution in [-0.2, 0) is 30.3 Å². The van der Waals surface area contributed by atoms with E-state index in [1.54, 1.807) is 12.3 Å². The van der Waals surface area contributed by atoms with Gasteiger partial charge < -0.3 is 25.7 Å². The Labute approximate surface area is 210 Å². The molecule has 0 saturated heterocycles. The Kier molecular flexibility index (Phi) is 10.2. The van der Waals surface area contributed by atoms with Gasteiger partial charge in [0, 0.05) is 37.4 Å². The number of aromatic nitrogens is 2. The van der Waals surface area contributed by atoms with Gasteiger partial charge in [0.25, 0.3) is 0 Å². The summed E-state index contributed by atoms with van der Waals surface area (Å²) in [5, 5.41) is 8.16. The van der Waals surface area contributed by atoms with Crippen LogP contribution in [-0.4, -0.2) is 58.4 Å². The van der Waals surface area contributed by atoms with E-state index in [2.05, 4.69) is 25.9 Å². The molecule has 2 aromatic rings. The molecule has 1 aliphatic carbocycles. The van der Waals surface area contributed by atoms with E-state index >= 15 is 0 Å². The lowest BCUT2D eigenvalue weighted by Crippen LogP contribution is -2.53. The molecule has 3 rings (SSSR count). The minimum Gasteiger partial charge on any atom is -0.461 e. The first kappa shape index (κ1) is 26.7. The van der Waals surface area contributed by atoms with Crippen LogP contribution in [0.4, 0.5) is 0 Å². The Morgan fingerprint density at radius 3 is 2.50 bits per heavy atom. The second-order valence-corrected chi connectivity index (χ2v) is 8.81. The molecule has 0 spiro atoms. The molecule has 10 nitrogen and oxygen atoms in total. The fourth-order valence-electron chi connectivity index (χ4n) is 4.01. The number of amides is 3. The molecule has 0 aliphatic heterocycles. The molecule has 1 aromatic heterocycles. The van der Waals surface area contributed by atoms with Crippen LogP contribution in [0.1, 0.15) is 50.3 Å². The molecule has 0 bridgehead atoms. The van der Waals surface area contributed by atoms with Gasteiger partial charge in [0.1, 0.15) is 18.7 Å². The summed E-state index contributed by atoms with van der Waals surface area (Å²) in [5.74, 6) is -2.03. The zero-order valence-corrected chi connectivity index (χ0v) is 20.4. The molecule has 0 radical (unpaired) electrons. The first-order valence-corrected chi connectivity index (χ1v) is 12.2. The molecular weight excluding hydrogens is 462 g/mol. The second-order valence-electron chi connectivity index (χ2n) is 8.81. The quantitative estimate of drug-likeness (QED) is 0.276. The number of rotatable bonds is 11. The van der Waals surface area contributed by atoms with E-state index in [0.717, 1.165) is 37.7 Å². The normalized spacial score (nSPS) is 15.6. The van der Waals surface area contributed by atoms with Crippen molar-refractivity contribution in [3.05, 3.63) is 60.2 Å². The van der Waals surface area contributed by atoms with Crippen LogP contribution < -0.4 is 16.0 Å². The summed E-state index contributed by atoms with van der Waals surface area (Å²) in [6, 6.07) is 7.24. The molecule has 192 valence electrons. The number of nitrogens with one attached hydrogen (secondary N) is 4. The first-order valence-electron chi connectivity index (χ1n) is 12.2. The molecule has 1 fully saturated rings. The number of nitrogens with zero attached hydrogens (tertiary/aromatic N) is 1. The maximum absolute atomic E-state index is 13.0. The van der Waals surface area contributed by atoms with Crippen molar-refractivity contribution in [2.75, 3.05) is 6.61 Å². The lowest BCUT2D eigenvalue weighted by Gasteiger charge is -2.26. The van der Waals surface area contributed by atoms with Gasteiger partial charge in [0.05, 0.1) is 6.33 Å². The number of H-pyrrole nitrogens is 1. The molecular formula is C26H33N5O5. The minimum atomic E-state index is -1.09. The number of esters is 1. The first-order chi connectivity index (χ1) is 17.4. The van der Waals surface area contributed by atoms with E-state index < -0.39 is 35.8 Å². The lowest BCUT2D eigenvalue weighted by atomic mass is 9.95. The second kappa shape index (κ2) is 13.8. The molecule has 1 heterocycles. The standard InChI is InChI=1S/C26H33N5O5/c1-18(32)29-22(14-21-15-27-17-28-21)26(35)36-16-23(25(34)30-20-10-6-3-7-11-20)31-24(33)13-12-19-8-4-2-5-9-19/h2,4-5,8-9,12-13,15,17,20,22-23H,3,6-7,10-11,14,16H2,1H3,(H,27,28)(H,29,32)(H,30,34)(H,31,33)/b13-12+/t22-,23-/m0/s1. The van der Waals surface area contributed by atoms with Gasteiger partial charge in [-0.25, -0.2) is 9.78 Å². The van der Waals surface area contributed by atoms with E-state index in [1.807, 2.05) is 30.3 Å². The van der Waals surface area contributed by atoms with Crippen molar-refractivity contribution in [3.8, 4) is 0 Å². The number of carbonyl (C=O) groups is 4. The van der Waals surface area contributed by atoms with Crippen LogP contribution in [0.15, 0.2) is 48.9 Å². The van der Waals surface area contributed by atoms with Gasteiger partial charge in [-0.05, 0) is 24.5 Å². The van der Waals surface area contributed by atoms with Gasteiger partial charge in [-0.15, -0.1) is 0 Å². The van der Waals surface area contributed by atoms with Crippen molar-refractivity contribution in [2.45, 2.75) is 63.6 Å². The highest BCUT2D eigenvalue weighted by molar-refractivity contribution is 5.95. The summed E-state index contributed by atoms with van der Waals surface area (Å²) in [4.78, 5) is 56.8. The van der Waals surface area contributed by atoms with E-state index in [1.165, 1.54) is 19.3 Å². The molecule has 0 unspecified atom stereocenters. The Bertz CT molecular complexity index is 1030. The van der Waals surface area contributed by atoms with Crippen LogP contribution in [0, 0.1) is 0 Å². The largest absolute Gasteiger partial charge is 0.461 e. The van der Waals surface area contributed by atoms with Gasteiger partial charge in [-0.2, -0.15) is 0 Å². The third-order valence-corrected chi connectivity index (χ3v) is 5.84. The average Bonchev–Trinajstić information content (AvgIpc) is 3.39. The van der Waals surface area contributed by atoms with E-state index in [0.29, 0.717) is 5.69 Å². The van der Waals surface area contributed by atoms with Gasteiger partial charge >= 0.3 is 5.97 Å². The maximum Gasteiger partial charge on any atom is 0.329 e. The van der Waals surface area contributed by atoms with Gasteiger partial charge in [-0.1, -0.05) is 49.6 Å². The lowest BCUT2D eigenvalue weighted by molar-refractivity contribution is -0.150. The Morgan fingerprint density at radius 2 is 1.83 bits per heavy atom. The van der Waals surface area contributed by atoms with Crippen LogP contribution in [0.5, 0.6) is 0 Å². The van der Waals surface area contributed by atoms with Crippen LogP contribution in [0.25, 0.3) is 6.08 Å². The number of ether oxygens (including phenoxy) is 1. The number of benzene rings is 1. The van der Waals surface area contributed by atoms with Crippen molar-refractivity contribution in [3.63, 3.8) is 0 Å². The number of imidazole rings is 1. The summed E-state index contributed by atoms with van der Waals surface area (Å²) >= 11 is 0. The SMILES string of the molecule is CC(=O)N[C@@H](Cc1cnc[nH]1)C(=O)OC[C@H](NC(=O)/C=C/c1ccccc1)C(=O)NC1CCCCC1. The van der Waals surface area contributed by atoms with Crippen molar-refractivity contribution in [1.82, 2.24) is 25.9 Å². The number of hydrogen-bond acceptors (Lipinski definition) is 6. The van der Waals surface area contributed by atoms with Crippen LogP contribution in [0.2, 0.25) is 0 Å². The monoisotopic (exact) mass is 495 g/mol. The molecule has 36 heavy (non-hydrogen) atoms. The summed E-state index contributed by atoms with van der Waals surface area (Å²) in [6.45, 7) is 0.925. The van der Waals surface area contributed by atoms with E-state index in [-0.39, 0.29) is 19.1 Å². The van der Waals surface area contributed by atoms with Crippen molar-refractivity contribution in [1.29, 1.82) is 0 Å². The Hall–Kier alpha value is -3.95. The molecule has 4 N–H and O–H groups in total. The molecule has 2 atom stereocenters. The van der Waals surface area contributed by atoms with Crippen LogP contribution >= 0.6 is 0 Å².